The molecule has 19 heavy (non-hydrogen) atoms. The van der Waals surface area contributed by atoms with Gasteiger partial charge in [-0.05, 0) is 18.2 Å². The molecule has 0 atom stereocenters. The van der Waals surface area contributed by atoms with Crippen molar-refractivity contribution >= 4 is 27.3 Å². The van der Waals surface area contributed by atoms with E-state index in [1.165, 1.54) is 29.1 Å². The van der Waals surface area contributed by atoms with E-state index < -0.39 is 10.0 Å². The number of nitrogens with zero attached hydrogens (tertiary/aromatic N) is 3. The Morgan fingerprint density at radius 2 is 2.21 bits per heavy atom. The molecule has 0 bridgehead atoms. The second kappa shape index (κ2) is 5.55. The molecule has 2 aromatic rings. The molecule has 3 N–H and O–H groups in total. The van der Waals surface area contributed by atoms with Crippen LogP contribution in [0.5, 0.6) is 0 Å². The molecule has 0 aliphatic rings. The molecule has 0 amide bonds. The van der Waals surface area contributed by atoms with Crippen LogP contribution in [0.2, 0.25) is 5.02 Å². The van der Waals surface area contributed by atoms with E-state index in [4.69, 9.17) is 17.3 Å². The van der Waals surface area contributed by atoms with Crippen LogP contribution in [-0.4, -0.2) is 30.0 Å². The molecule has 0 saturated heterocycles. The van der Waals surface area contributed by atoms with Crippen molar-refractivity contribution in [1.29, 1.82) is 0 Å². The van der Waals surface area contributed by atoms with E-state index in [0.29, 0.717) is 11.6 Å². The molecule has 0 unspecified atom stereocenters. The molecule has 102 valence electrons. The lowest BCUT2D eigenvalue weighted by Crippen LogP contribution is -2.27. The van der Waals surface area contributed by atoms with Gasteiger partial charge in [0.2, 0.25) is 10.0 Å². The summed E-state index contributed by atoms with van der Waals surface area (Å²) in [7, 11) is -3.60. The fourth-order valence-electron chi connectivity index (χ4n) is 1.42. The molecule has 0 fully saturated rings. The summed E-state index contributed by atoms with van der Waals surface area (Å²) in [4.78, 5) is 0.0768. The van der Waals surface area contributed by atoms with Crippen LogP contribution >= 0.6 is 11.6 Å². The monoisotopic (exact) mass is 301 g/mol. The van der Waals surface area contributed by atoms with Crippen LogP contribution in [0.1, 0.15) is 0 Å². The first-order chi connectivity index (χ1) is 8.99. The number of benzene rings is 1. The molecule has 0 saturated carbocycles. The molecule has 7 nitrogen and oxygen atoms in total. The fraction of sp³-hybridized carbons (Fsp3) is 0.200. The Bertz CT molecular complexity index is 657. The molecule has 0 aliphatic heterocycles. The summed E-state index contributed by atoms with van der Waals surface area (Å²) in [6.45, 7) is 0.594. The van der Waals surface area contributed by atoms with Gasteiger partial charge in [-0.3, -0.25) is 4.68 Å². The lowest BCUT2D eigenvalue weighted by molar-refractivity contribution is 0.553. The van der Waals surface area contributed by atoms with Crippen molar-refractivity contribution < 1.29 is 8.42 Å². The maximum absolute atomic E-state index is 12.0. The zero-order valence-corrected chi connectivity index (χ0v) is 11.4. The van der Waals surface area contributed by atoms with Gasteiger partial charge in [-0.15, -0.1) is 5.10 Å². The van der Waals surface area contributed by atoms with Crippen LogP contribution < -0.4 is 10.5 Å². The van der Waals surface area contributed by atoms with Gasteiger partial charge in [-0.1, -0.05) is 16.8 Å². The molecule has 0 aliphatic carbocycles. The first-order valence-electron chi connectivity index (χ1n) is 5.38. The predicted molar refractivity (Wildman–Crippen MR) is 71.1 cm³/mol. The summed E-state index contributed by atoms with van der Waals surface area (Å²) in [5.41, 5.74) is 5.80. The van der Waals surface area contributed by atoms with Gasteiger partial charge in [0.15, 0.2) is 0 Å². The highest BCUT2D eigenvalue weighted by molar-refractivity contribution is 7.89. The molecule has 1 aromatic carbocycles. The van der Waals surface area contributed by atoms with Crippen LogP contribution in [0.15, 0.2) is 35.5 Å². The number of hydrogen-bond acceptors (Lipinski definition) is 5. The standard InChI is InChI=1S/C10H12ClN5O2S/c11-9-2-1-8(7-10(9)12)19(17,18)14-4-6-16-5-3-13-15-16/h1-3,5,7,14H,4,6,12H2. The van der Waals surface area contributed by atoms with E-state index in [9.17, 15) is 8.42 Å². The largest absolute Gasteiger partial charge is 0.397 e. The van der Waals surface area contributed by atoms with E-state index in [0.717, 1.165) is 0 Å². The third-order valence-corrected chi connectivity index (χ3v) is 4.19. The molecule has 0 spiro atoms. The zero-order valence-electron chi connectivity index (χ0n) is 9.82. The van der Waals surface area contributed by atoms with Crippen LogP contribution in [0.25, 0.3) is 0 Å². The van der Waals surface area contributed by atoms with Crippen molar-refractivity contribution in [2.75, 3.05) is 12.3 Å². The van der Waals surface area contributed by atoms with E-state index in [2.05, 4.69) is 15.0 Å². The van der Waals surface area contributed by atoms with Crippen LogP contribution in [-0.2, 0) is 16.6 Å². The minimum atomic E-state index is -3.60. The highest BCUT2D eigenvalue weighted by Crippen LogP contribution is 2.21. The van der Waals surface area contributed by atoms with E-state index in [1.54, 1.807) is 6.20 Å². The minimum absolute atomic E-state index is 0.0768. The van der Waals surface area contributed by atoms with Crippen LogP contribution in [0, 0.1) is 0 Å². The topological polar surface area (TPSA) is 103 Å². The van der Waals surface area contributed by atoms with Gasteiger partial charge in [-0.2, -0.15) is 0 Å². The number of hydrogen-bond donors (Lipinski definition) is 2. The van der Waals surface area contributed by atoms with Crippen molar-refractivity contribution in [3.05, 3.63) is 35.6 Å². The third-order valence-electron chi connectivity index (χ3n) is 2.38. The number of sulfonamides is 1. The molecule has 2 rings (SSSR count). The Kier molecular flexibility index (Phi) is 4.03. The summed E-state index contributed by atoms with van der Waals surface area (Å²) in [6, 6.07) is 4.17. The van der Waals surface area contributed by atoms with Gasteiger partial charge in [0.05, 0.1) is 28.3 Å². The van der Waals surface area contributed by atoms with Gasteiger partial charge >= 0.3 is 0 Å². The van der Waals surface area contributed by atoms with Crippen molar-refractivity contribution in [3.8, 4) is 0 Å². The first kappa shape index (κ1) is 13.8. The number of aromatic nitrogens is 3. The van der Waals surface area contributed by atoms with Crippen molar-refractivity contribution in [1.82, 2.24) is 19.7 Å². The molecule has 9 heteroatoms. The van der Waals surface area contributed by atoms with E-state index in [-0.39, 0.29) is 17.1 Å². The number of nitrogen functional groups attached to an aromatic ring is 1. The number of nitrogens with one attached hydrogen (secondary N) is 1. The van der Waals surface area contributed by atoms with E-state index >= 15 is 0 Å². The summed E-state index contributed by atoms with van der Waals surface area (Å²) in [5.74, 6) is 0. The van der Waals surface area contributed by atoms with Gasteiger partial charge in [0.1, 0.15) is 0 Å². The Morgan fingerprint density at radius 1 is 1.42 bits per heavy atom. The van der Waals surface area contributed by atoms with Gasteiger partial charge in [0.25, 0.3) is 0 Å². The summed E-state index contributed by atoms with van der Waals surface area (Å²) >= 11 is 5.74. The molecular formula is C10H12ClN5O2S. The number of halogens is 1. The second-order valence-electron chi connectivity index (χ2n) is 3.75. The highest BCUT2D eigenvalue weighted by Gasteiger charge is 2.14. The highest BCUT2D eigenvalue weighted by atomic mass is 35.5. The molecule has 1 aromatic heterocycles. The van der Waals surface area contributed by atoms with Gasteiger partial charge < -0.3 is 5.73 Å². The minimum Gasteiger partial charge on any atom is -0.397 e. The maximum atomic E-state index is 12.0. The van der Waals surface area contributed by atoms with Gasteiger partial charge in [-0.25, -0.2) is 13.1 Å². The van der Waals surface area contributed by atoms with Gasteiger partial charge in [0, 0.05) is 12.7 Å². The quantitative estimate of drug-likeness (QED) is 0.782. The first-order valence-corrected chi connectivity index (χ1v) is 7.24. The fourth-order valence-corrected chi connectivity index (χ4v) is 2.59. The van der Waals surface area contributed by atoms with Crippen molar-refractivity contribution in [2.24, 2.45) is 0 Å². The summed E-state index contributed by atoms with van der Waals surface area (Å²) < 4.78 is 27.9. The SMILES string of the molecule is Nc1cc(S(=O)(=O)NCCn2ccnn2)ccc1Cl. The molecule has 0 radical (unpaired) electrons. The van der Waals surface area contributed by atoms with Crippen LogP contribution in [0.4, 0.5) is 5.69 Å². The van der Waals surface area contributed by atoms with Crippen molar-refractivity contribution in [3.63, 3.8) is 0 Å². The Labute approximate surface area is 115 Å². The Balaban J connectivity index is 2.03. The number of anilines is 1. The Morgan fingerprint density at radius 3 is 2.84 bits per heavy atom. The molecular weight excluding hydrogens is 290 g/mol. The normalized spacial score (nSPS) is 11.6. The summed E-state index contributed by atoms with van der Waals surface area (Å²) in [5, 5.41) is 7.67. The zero-order chi connectivity index (χ0) is 13.9. The lowest BCUT2D eigenvalue weighted by Gasteiger charge is -2.07. The number of nitrogens with two attached hydrogens (primary N) is 1. The predicted octanol–water partition coefficient (Wildman–Crippen LogP) is 0.492. The average Bonchev–Trinajstić information content (AvgIpc) is 2.85. The Hall–Kier alpha value is -1.64. The second-order valence-corrected chi connectivity index (χ2v) is 5.92. The van der Waals surface area contributed by atoms with Crippen LogP contribution in [0.3, 0.4) is 0 Å². The lowest BCUT2D eigenvalue weighted by atomic mass is 10.3. The summed E-state index contributed by atoms with van der Waals surface area (Å²) in [6.07, 6.45) is 3.17. The average molecular weight is 302 g/mol. The third kappa shape index (κ3) is 3.43. The van der Waals surface area contributed by atoms with Crippen molar-refractivity contribution in [2.45, 2.75) is 11.4 Å². The maximum Gasteiger partial charge on any atom is 0.240 e. The number of rotatable bonds is 5. The molecule has 1 heterocycles. The smallest absolute Gasteiger partial charge is 0.240 e. The van der Waals surface area contributed by atoms with E-state index in [1.807, 2.05) is 0 Å².